The predicted molar refractivity (Wildman–Crippen MR) is 75.7 cm³/mol. The molecule has 102 valence electrons. The van der Waals surface area contributed by atoms with Gasteiger partial charge in [-0.25, -0.2) is 4.79 Å². The summed E-state index contributed by atoms with van der Waals surface area (Å²) in [6, 6.07) is 7.91. The van der Waals surface area contributed by atoms with Crippen molar-refractivity contribution in [1.29, 1.82) is 0 Å². The summed E-state index contributed by atoms with van der Waals surface area (Å²) in [6.07, 6.45) is 5.80. The fraction of sp³-hybridized carbons (Fsp3) is 0.400. The molecular formula is C15H20N2O2. The van der Waals surface area contributed by atoms with Gasteiger partial charge in [-0.05, 0) is 31.4 Å². The van der Waals surface area contributed by atoms with Gasteiger partial charge in [-0.1, -0.05) is 29.8 Å². The van der Waals surface area contributed by atoms with Crippen molar-refractivity contribution in [3.05, 3.63) is 41.6 Å². The van der Waals surface area contributed by atoms with E-state index in [1.807, 2.05) is 37.3 Å². The van der Waals surface area contributed by atoms with Crippen LogP contribution in [0.3, 0.4) is 0 Å². The monoisotopic (exact) mass is 260 g/mol. The Morgan fingerprint density at radius 1 is 1.42 bits per heavy atom. The maximum atomic E-state index is 11.5. The van der Waals surface area contributed by atoms with Gasteiger partial charge in [0.15, 0.2) is 0 Å². The summed E-state index contributed by atoms with van der Waals surface area (Å²) in [7, 11) is 0. The molecule has 1 aromatic rings. The number of aryl methyl sites for hydroxylation is 1. The number of hydrogen-bond acceptors (Lipinski definition) is 2. The highest BCUT2D eigenvalue weighted by Gasteiger charge is 2.15. The van der Waals surface area contributed by atoms with Crippen LogP contribution in [0.2, 0.25) is 0 Å². The van der Waals surface area contributed by atoms with Gasteiger partial charge in [-0.2, -0.15) is 0 Å². The van der Waals surface area contributed by atoms with Crippen molar-refractivity contribution in [2.45, 2.75) is 25.9 Å². The number of carbonyl (C=O) groups excluding carboxylic acids is 1. The first-order valence-electron chi connectivity index (χ1n) is 6.63. The van der Waals surface area contributed by atoms with E-state index >= 15 is 0 Å². The maximum absolute atomic E-state index is 11.5. The second-order valence-corrected chi connectivity index (χ2v) is 4.73. The third kappa shape index (κ3) is 4.75. The van der Waals surface area contributed by atoms with Gasteiger partial charge in [-0.3, -0.25) is 0 Å². The molecule has 1 saturated heterocycles. The Bertz CT molecular complexity index is 434. The standard InChI is InChI=1S/C15H20N2O2/c1-12-4-6-13(7-5-12)8-9-16-15(18)17-11-14-3-2-10-19-14/h4-9,14H,2-3,10-11H2,1H3,(H2,16,17,18)/b9-8+. The third-order valence-electron chi connectivity index (χ3n) is 3.08. The van der Waals surface area contributed by atoms with Crippen molar-refractivity contribution in [2.75, 3.05) is 13.2 Å². The molecule has 1 aromatic carbocycles. The van der Waals surface area contributed by atoms with Crippen molar-refractivity contribution in [3.63, 3.8) is 0 Å². The lowest BCUT2D eigenvalue weighted by atomic mass is 10.1. The summed E-state index contributed by atoms with van der Waals surface area (Å²) in [5, 5.41) is 5.48. The Morgan fingerprint density at radius 3 is 2.89 bits per heavy atom. The van der Waals surface area contributed by atoms with Crippen LogP contribution in [0.5, 0.6) is 0 Å². The van der Waals surface area contributed by atoms with E-state index in [1.165, 1.54) is 5.56 Å². The fourth-order valence-electron chi connectivity index (χ4n) is 1.95. The minimum atomic E-state index is -0.195. The molecule has 0 saturated carbocycles. The molecule has 1 heterocycles. The molecule has 0 bridgehead atoms. The van der Waals surface area contributed by atoms with E-state index in [2.05, 4.69) is 10.6 Å². The lowest BCUT2D eigenvalue weighted by Gasteiger charge is -2.10. The molecule has 0 radical (unpaired) electrons. The van der Waals surface area contributed by atoms with E-state index in [-0.39, 0.29) is 12.1 Å². The number of rotatable bonds is 4. The largest absolute Gasteiger partial charge is 0.376 e. The topological polar surface area (TPSA) is 50.4 Å². The average molecular weight is 260 g/mol. The van der Waals surface area contributed by atoms with Gasteiger partial charge in [-0.15, -0.1) is 0 Å². The first-order chi connectivity index (χ1) is 9.24. The highest BCUT2D eigenvalue weighted by molar-refractivity contribution is 5.75. The second-order valence-electron chi connectivity index (χ2n) is 4.73. The number of nitrogens with one attached hydrogen (secondary N) is 2. The molecule has 1 aliphatic heterocycles. The minimum absolute atomic E-state index is 0.173. The van der Waals surface area contributed by atoms with Crippen LogP contribution >= 0.6 is 0 Å². The Morgan fingerprint density at radius 2 is 2.21 bits per heavy atom. The molecule has 0 aromatic heterocycles. The van der Waals surface area contributed by atoms with Gasteiger partial charge in [0.1, 0.15) is 0 Å². The Hall–Kier alpha value is -1.81. The molecule has 4 nitrogen and oxygen atoms in total. The van der Waals surface area contributed by atoms with E-state index in [0.29, 0.717) is 6.54 Å². The first kappa shape index (κ1) is 13.6. The van der Waals surface area contributed by atoms with Crippen molar-refractivity contribution < 1.29 is 9.53 Å². The average Bonchev–Trinajstić information content (AvgIpc) is 2.92. The molecule has 1 unspecified atom stereocenters. The molecule has 1 aliphatic rings. The lowest BCUT2D eigenvalue weighted by Crippen LogP contribution is -2.37. The molecule has 2 N–H and O–H groups in total. The summed E-state index contributed by atoms with van der Waals surface area (Å²) < 4.78 is 5.43. The number of benzene rings is 1. The predicted octanol–water partition coefficient (Wildman–Crippen LogP) is 2.44. The van der Waals surface area contributed by atoms with Gasteiger partial charge in [0.2, 0.25) is 0 Å². The molecule has 19 heavy (non-hydrogen) atoms. The highest BCUT2D eigenvalue weighted by Crippen LogP contribution is 2.10. The fourth-order valence-corrected chi connectivity index (χ4v) is 1.95. The number of hydrogen-bond donors (Lipinski definition) is 2. The van der Waals surface area contributed by atoms with Crippen molar-refractivity contribution in [3.8, 4) is 0 Å². The highest BCUT2D eigenvalue weighted by atomic mass is 16.5. The van der Waals surface area contributed by atoms with Crippen LogP contribution in [0.4, 0.5) is 4.79 Å². The summed E-state index contributed by atoms with van der Waals surface area (Å²) >= 11 is 0. The number of amides is 2. The Balaban J connectivity index is 1.69. The maximum Gasteiger partial charge on any atom is 0.318 e. The van der Waals surface area contributed by atoms with E-state index in [0.717, 1.165) is 25.0 Å². The summed E-state index contributed by atoms with van der Waals surface area (Å²) in [5.74, 6) is 0. The van der Waals surface area contributed by atoms with E-state index < -0.39 is 0 Å². The molecule has 1 atom stereocenters. The molecule has 4 heteroatoms. The van der Waals surface area contributed by atoms with Gasteiger partial charge < -0.3 is 15.4 Å². The minimum Gasteiger partial charge on any atom is -0.376 e. The van der Waals surface area contributed by atoms with Crippen LogP contribution in [0, 0.1) is 6.92 Å². The van der Waals surface area contributed by atoms with Crippen molar-refractivity contribution in [1.82, 2.24) is 10.6 Å². The molecule has 0 spiro atoms. The molecule has 1 fully saturated rings. The quantitative estimate of drug-likeness (QED) is 0.873. The summed E-state index contributed by atoms with van der Waals surface area (Å²) in [6.45, 7) is 3.43. The van der Waals surface area contributed by atoms with Crippen LogP contribution in [0.15, 0.2) is 30.5 Å². The van der Waals surface area contributed by atoms with Gasteiger partial charge in [0.05, 0.1) is 6.10 Å². The number of carbonyl (C=O) groups is 1. The van der Waals surface area contributed by atoms with Crippen LogP contribution in [-0.2, 0) is 4.74 Å². The summed E-state index contributed by atoms with van der Waals surface area (Å²) in [4.78, 5) is 11.5. The van der Waals surface area contributed by atoms with Gasteiger partial charge in [0, 0.05) is 19.4 Å². The zero-order valence-electron chi connectivity index (χ0n) is 11.2. The second kappa shape index (κ2) is 6.95. The SMILES string of the molecule is Cc1ccc(/C=C/NC(=O)NCC2CCCO2)cc1. The smallest absolute Gasteiger partial charge is 0.318 e. The molecule has 2 amide bonds. The zero-order valence-corrected chi connectivity index (χ0v) is 11.2. The third-order valence-corrected chi connectivity index (χ3v) is 3.08. The van der Waals surface area contributed by atoms with E-state index in [9.17, 15) is 4.79 Å². The first-order valence-corrected chi connectivity index (χ1v) is 6.63. The molecule has 0 aliphatic carbocycles. The normalized spacial score (nSPS) is 18.7. The Kier molecular flexibility index (Phi) is 4.98. The van der Waals surface area contributed by atoms with Gasteiger partial charge >= 0.3 is 6.03 Å². The number of urea groups is 1. The van der Waals surface area contributed by atoms with E-state index in [4.69, 9.17) is 4.74 Å². The van der Waals surface area contributed by atoms with Crippen molar-refractivity contribution >= 4 is 12.1 Å². The van der Waals surface area contributed by atoms with Crippen LogP contribution < -0.4 is 10.6 Å². The lowest BCUT2D eigenvalue weighted by molar-refractivity contribution is 0.111. The Labute approximate surface area is 113 Å². The van der Waals surface area contributed by atoms with Crippen LogP contribution in [0.1, 0.15) is 24.0 Å². The zero-order chi connectivity index (χ0) is 13.5. The van der Waals surface area contributed by atoms with Gasteiger partial charge in [0.25, 0.3) is 0 Å². The summed E-state index contributed by atoms with van der Waals surface area (Å²) in [5.41, 5.74) is 2.28. The van der Waals surface area contributed by atoms with Crippen molar-refractivity contribution in [2.24, 2.45) is 0 Å². The van der Waals surface area contributed by atoms with E-state index in [1.54, 1.807) is 6.20 Å². The molecule has 2 rings (SSSR count). The molecular weight excluding hydrogens is 240 g/mol. The number of ether oxygens (including phenoxy) is 1. The van der Waals surface area contributed by atoms with Crippen LogP contribution in [0.25, 0.3) is 6.08 Å². The van der Waals surface area contributed by atoms with Crippen LogP contribution in [-0.4, -0.2) is 25.3 Å².